The van der Waals surface area contributed by atoms with Crippen molar-refractivity contribution in [1.82, 2.24) is 20.1 Å². The third-order valence-corrected chi connectivity index (χ3v) is 5.76. The number of benzene rings is 1. The van der Waals surface area contributed by atoms with Gasteiger partial charge in [-0.3, -0.25) is 0 Å². The number of amides is 2. The molecule has 3 heterocycles. The van der Waals surface area contributed by atoms with Gasteiger partial charge >= 0.3 is 6.03 Å². The number of aryl methyl sites for hydroxylation is 1. The molecule has 8 nitrogen and oxygen atoms in total. The van der Waals surface area contributed by atoms with E-state index in [1.807, 2.05) is 66.6 Å². The van der Waals surface area contributed by atoms with Crippen LogP contribution < -0.4 is 15.5 Å². The summed E-state index contributed by atoms with van der Waals surface area (Å²) in [5, 5.41) is 14.8. The third-order valence-electron chi connectivity index (χ3n) is 5.03. The van der Waals surface area contributed by atoms with Crippen LogP contribution in [0.3, 0.4) is 0 Å². The molecule has 1 aromatic carbocycles. The molecule has 1 fully saturated rings. The quantitative estimate of drug-likeness (QED) is 0.586. The number of urea groups is 1. The van der Waals surface area contributed by atoms with Crippen molar-refractivity contribution in [1.29, 1.82) is 0 Å². The van der Waals surface area contributed by atoms with Gasteiger partial charge in [0.15, 0.2) is 11.6 Å². The highest BCUT2D eigenvalue weighted by atomic mass is 32.2. The van der Waals surface area contributed by atoms with Crippen LogP contribution in [0.25, 0.3) is 0 Å². The van der Waals surface area contributed by atoms with E-state index in [2.05, 4.69) is 30.7 Å². The Balaban J connectivity index is 1.30. The van der Waals surface area contributed by atoms with E-state index in [4.69, 9.17) is 0 Å². The number of anilines is 4. The first-order valence-electron chi connectivity index (χ1n) is 10.1. The summed E-state index contributed by atoms with van der Waals surface area (Å²) in [6.07, 6.45) is 3.78. The number of hydrogen-bond acceptors (Lipinski definition) is 7. The monoisotopic (exact) mass is 435 g/mol. The number of nitrogens with zero attached hydrogens (tertiary/aromatic N) is 5. The van der Waals surface area contributed by atoms with Gasteiger partial charge in [-0.05, 0) is 61.2 Å². The standard InChI is InChI=1S/C22H25N7OS/c1-16-8-9-23-20(14-16)25-19-6-7-21(27-26-19)28-10-12-29(13-11-28)22(30)24-17-4-3-5-18(15-17)31-2/h3-9,14-15H,10-13H2,1-2H3,(H,24,30)(H,23,25,26). The SMILES string of the molecule is CSc1cccc(NC(=O)N2CCN(c3ccc(Nc4cc(C)ccn4)nn3)CC2)c1. The Morgan fingerprint density at radius 3 is 2.55 bits per heavy atom. The van der Waals surface area contributed by atoms with Crippen LogP contribution in [0.15, 0.2) is 59.6 Å². The molecule has 1 aliphatic heterocycles. The Bertz CT molecular complexity index is 1040. The van der Waals surface area contributed by atoms with Gasteiger partial charge in [-0.1, -0.05) is 6.07 Å². The molecule has 2 aromatic heterocycles. The van der Waals surface area contributed by atoms with E-state index in [1.54, 1.807) is 18.0 Å². The van der Waals surface area contributed by atoms with Crippen molar-refractivity contribution in [3.8, 4) is 0 Å². The van der Waals surface area contributed by atoms with Gasteiger partial charge in [-0.25, -0.2) is 9.78 Å². The molecule has 160 valence electrons. The molecule has 0 unspecified atom stereocenters. The molecule has 0 bridgehead atoms. The summed E-state index contributed by atoms with van der Waals surface area (Å²) in [4.78, 5) is 22.0. The molecule has 2 N–H and O–H groups in total. The van der Waals surface area contributed by atoms with Gasteiger partial charge in [0.2, 0.25) is 0 Å². The number of carbonyl (C=O) groups is 1. The molecular formula is C22H25N7OS. The molecule has 1 saturated heterocycles. The molecule has 0 aliphatic carbocycles. The van der Waals surface area contributed by atoms with Crippen molar-refractivity contribution < 1.29 is 4.79 Å². The molecule has 0 atom stereocenters. The number of pyridine rings is 1. The summed E-state index contributed by atoms with van der Waals surface area (Å²) in [5.41, 5.74) is 1.94. The number of carbonyl (C=O) groups excluding carboxylic acids is 1. The summed E-state index contributed by atoms with van der Waals surface area (Å²) in [7, 11) is 0. The minimum Gasteiger partial charge on any atom is -0.352 e. The van der Waals surface area contributed by atoms with Crippen LogP contribution in [0, 0.1) is 6.92 Å². The molecule has 0 spiro atoms. The summed E-state index contributed by atoms with van der Waals surface area (Å²) >= 11 is 1.65. The Morgan fingerprint density at radius 1 is 1.00 bits per heavy atom. The average Bonchev–Trinajstić information content (AvgIpc) is 2.80. The molecule has 0 saturated carbocycles. The number of thioether (sulfide) groups is 1. The molecular weight excluding hydrogens is 410 g/mol. The van der Waals surface area contributed by atoms with Crippen LogP contribution in [-0.4, -0.2) is 58.5 Å². The fourth-order valence-electron chi connectivity index (χ4n) is 3.34. The van der Waals surface area contributed by atoms with Crippen molar-refractivity contribution in [2.45, 2.75) is 11.8 Å². The largest absolute Gasteiger partial charge is 0.352 e. The minimum atomic E-state index is -0.0748. The molecule has 1 aliphatic rings. The summed E-state index contributed by atoms with van der Waals surface area (Å²) in [6, 6.07) is 15.5. The zero-order valence-electron chi connectivity index (χ0n) is 17.6. The predicted octanol–water partition coefficient (Wildman–Crippen LogP) is 4.00. The topological polar surface area (TPSA) is 86.3 Å². The lowest BCUT2D eigenvalue weighted by Gasteiger charge is -2.35. The van der Waals surface area contributed by atoms with Crippen molar-refractivity contribution in [3.63, 3.8) is 0 Å². The van der Waals surface area contributed by atoms with Crippen LogP contribution >= 0.6 is 11.8 Å². The van der Waals surface area contributed by atoms with Crippen molar-refractivity contribution >= 4 is 40.9 Å². The van der Waals surface area contributed by atoms with E-state index in [0.717, 1.165) is 27.8 Å². The number of aromatic nitrogens is 3. The second-order valence-corrected chi connectivity index (χ2v) is 8.14. The van der Waals surface area contributed by atoms with Gasteiger partial charge in [-0.2, -0.15) is 0 Å². The Morgan fingerprint density at radius 2 is 1.84 bits per heavy atom. The maximum atomic E-state index is 12.6. The highest BCUT2D eigenvalue weighted by Crippen LogP contribution is 2.20. The maximum absolute atomic E-state index is 12.6. The zero-order chi connectivity index (χ0) is 21.6. The number of nitrogens with one attached hydrogen (secondary N) is 2. The summed E-state index contributed by atoms with van der Waals surface area (Å²) in [5.74, 6) is 2.19. The second-order valence-electron chi connectivity index (χ2n) is 7.26. The highest BCUT2D eigenvalue weighted by molar-refractivity contribution is 7.98. The highest BCUT2D eigenvalue weighted by Gasteiger charge is 2.22. The minimum absolute atomic E-state index is 0.0748. The van der Waals surface area contributed by atoms with Crippen molar-refractivity contribution in [2.24, 2.45) is 0 Å². The lowest BCUT2D eigenvalue weighted by atomic mass is 10.3. The maximum Gasteiger partial charge on any atom is 0.321 e. The van der Waals surface area contributed by atoms with E-state index in [9.17, 15) is 4.79 Å². The van der Waals surface area contributed by atoms with Crippen LogP contribution in [0.2, 0.25) is 0 Å². The van der Waals surface area contributed by atoms with E-state index in [0.29, 0.717) is 32.0 Å². The van der Waals surface area contributed by atoms with Crippen LogP contribution in [0.1, 0.15) is 5.56 Å². The van der Waals surface area contributed by atoms with E-state index in [-0.39, 0.29) is 6.03 Å². The first-order chi connectivity index (χ1) is 15.1. The smallest absolute Gasteiger partial charge is 0.321 e. The van der Waals surface area contributed by atoms with E-state index >= 15 is 0 Å². The third kappa shape index (κ3) is 5.43. The number of rotatable bonds is 5. The van der Waals surface area contributed by atoms with Crippen molar-refractivity contribution in [2.75, 3.05) is 48.0 Å². The molecule has 9 heteroatoms. The van der Waals surface area contributed by atoms with Gasteiger partial charge < -0.3 is 20.4 Å². The van der Waals surface area contributed by atoms with Gasteiger partial charge in [0.1, 0.15) is 5.82 Å². The van der Waals surface area contributed by atoms with Gasteiger partial charge in [0.25, 0.3) is 0 Å². The van der Waals surface area contributed by atoms with Gasteiger partial charge in [-0.15, -0.1) is 22.0 Å². The van der Waals surface area contributed by atoms with E-state index in [1.165, 1.54) is 0 Å². The summed E-state index contributed by atoms with van der Waals surface area (Å²) in [6.45, 7) is 4.69. The predicted molar refractivity (Wildman–Crippen MR) is 125 cm³/mol. The molecule has 31 heavy (non-hydrogen) atoms. The Hall–Kier alpha value is -3.33. The average molecular weight is 436 g/mol. The first-order valence-corrected chi connectivity index (χ1v) is 11.3. The second kappa shape index (κ2) is 9.65. The summed E-state index contributed by atoms with van der Waals surface area (Å²) < 4.78 is 0. The fourth-order valence-corrected chi connectivity index (χ4v) is 3.80. The Kier molecular flexibility index (Phi) is 6.51. The molecule has 3 aromatic rings. The van der Waals surface area contributed by atoms with E-state index < -0.39 is 0 Å². The van der Waals surface area contributed by atoms with Crippen molar-refractivity contribution in [3.05, 3.63) is 60.3 Å². The number of piperazine rings is 1. The van der Waals surface area contributed by atoms with Crippen LogP contribution in [0.4, 0.5) is 27.9 Å². The Labute approximate surface area is 186 Å². The van der Waals surface area contributed by atoms with Gasteiger partial charge in [0.05, 0.1) is 0 Å². The first kappa shape index (κ1) is 20.9. The molecule has 2 amide bonds. The van der Waals surface area contributed by atoms with Crippen LogP contribution in [0.5, 0.6) is 0 Å². The molecule has 0 radical (unpaired) electrons. The fraction of sp³-hybridized carbons (Fsp3) is 0.273. The lowest BCUT2D eigenvalue weighted by Crippen LogP contribution is -2.50. The van der Waals surface area contributed by atoms with Gasteiger partial charge in [0, 0.05) is 43.0 Å². The van der Waals surface area contributed by atoms with Crippen LogP contribution in [-0.2, 0) is 0 Å². The number of hydrogen-bond donors (Lipinski definition) is 2. The molecule has 4 rings (SSSR count). The lowest BCUT2D eigenvalue weighted by molar-refractivity contribution is 0.208. The normalized spacial score (nSPS) is 13.7. The zero-order valence-corrected chi connectivity index (χ0v) is 18.4.